The van der Waals surface area contributed by atoms with Gasteiger partial charge in [0, 0.05) is 23.5 Å². The molecule has 2 aliphatic rings. The van der Waals surface area contributed by atoms with E-state index in [1.807, 2.05) is 24.3 Å². The molecule has 216 valence electrons. The SMILES string of the molecule is O=C(Oc1ncccc1C1CCC(Cc2ccccc2)CC1)Oc1ncccc1C1CCC(Cc2ccccc2)CC1. The van der Waals surface area contributed by atoms with Crippen molar-refractivity contribution in [1.82, 2.24) is 9.97 Å². The summed E-state index contributed by atoms with van der Waals surface area (Å²) in [5.41, 5.74) is 4.79. The lowest BCUT2D eigenvalue weighted by molar-refractivity contribution is 0.146. The number of nitrogens with zero attached hydrogens (tertiary/aromatic N) is 2. The highest BCUT2D eigenvalue weighted by molar-refractivity contribution is 5.67. The summed E-state index contributed by atoms with van der Waals surface area (Å²) in [6.45, 7) is 0. The fourth-order valence-electron chi connectivity index (χ4n) is 7.03. The first-order valence-corrected chi connectivity index (χ1v) is 15.6. The minimum atomic E-state index is -0.773. The molecule has 5 nitrogen and oxygen atoms in total. The Kier molecular flexibility index (Phi) is 9.24. The van der Waals surface area contributed by atoms with E-state index in [9.17, 15) is 4.79 Å². The van der Waals surface area contributed by atoms with E-state index < -0.39 is 6.16 Å². The van der Waals surface area contributed by atoms with Gasteiger partial charge in [0.15, 0.2) is 0 Å². The molecule has 2 heterocycles. The van der Waals surface area contributed by atoms with Crippen LogP contribution in [0.5, 0.6) is 11.8 Å². The summed E-state index contributed by atoms with van der Waals surface area (Å²) in [4.78, 5) is 21.9. The lowest BCUT2D eigenvalue weighted by Gasteiger charge is -2.29. The van der Waals surface area contributed by atoms with Crippen LogP contribution in [0.1, 0.15) is 85.5 Å². The molecule has 5 heteroatoms. The van der Waals surface area contributed by atoms with Gasteiger partial charge in [-0.25, -0.2) is 14.8 Å². The van der Waals surface area contributed by atoms with Crippen LogP contribution in [0.25, 0.3) is 0 Å². The summed E-state index contributed by atoms with van der Waals surface area (Å²) in [6, 6.07) is 29.4. The van der Waals surface area contributed by atoms with E-state index in [0.29, 0.717) is 35.4 Å². The minimum absolute atomic E-state index is 0.324. The molecule has 2 aromatic carbocycles. The quantitative estimate of drug-likeness (QED) is 0.201. The highest BCUT2D eigenvalue weighted by atomic mass is 16.7. The molecule has 0 unspecified atom stereocenters. The molecule has 0 saturated heterocycles. The molecule has 0 spiro atoms. The molecule has 0 radical (unpaired) electrons. The maximum Gasteiger partial charge on any atom is 0.522 e. The Hall–Kier alpha value is -3.99. The van der Waals surface area contributed by atoms with Gasteiger partial charge in [-0.2, -0.15) is 0 Å². The van der Waals surface area contributed by atoms with Gasteiger partial charge < -0.3 is 9.47 Å². The molecular weight excluding hydrogens is 520 g/mol. The van der Waals surface area contributed by atoms with Crippen LogP contribution in [0.4, 0.5) is 4.79 Å². The third kappa shape index (κ3) is 7.25. The number of carbonyl (C=O) groups is 1. The van der Waals surface area contributed by atoms with Crippen molar-refractivity contribution in [3.05, 3.63) is 120 Å². The minimum Gasteiger partial charge on any atom is -0.375 e. The largest absolute Gasteiger partial charge is 0.522 e. The van der Waals surface area contributed by atoms with Gasteiger partial charge in [-0.1, -0.05) is 72.8 Å². The second-order valence-corrected chi connectivity index (χ2v) is 12.1. The second kappa shape index (κ2) is 13.8. The predicted octanol–water partition coefficient (Wildman–Crippen LogP) is 9.09. The lowest BCUT2D eigenvalue weighted by atomic mass is 9.77. The van der Waals surface area contributed by atoms with E-state index in [1.165, 1.54) is 11.1 Å². The van der Waals surface area contributed by atoms with Gasteiger partial charge in [-0.15, -0.1) is 0 Å². The molecular formula is C37H40N2O3. The number of benzene rings is 2. The fourth-order valence-corrected chi connectivity index (χ4v) is 7.03. The Balaban J connectivity index is 1.04. The van der Waals surface area contributed by atoms with Gasteiger partial charge in [-0.3, -0.25) is 0 Å². The number of aromatic nitrogens is 2. The Morgan fingerprint density at radius 2 is 0.952 bits per heavy atom. The number of ether oxygens (including phenoxy) is 2. The van der Waals surface area contributed by atoms with Gasteiger partial charge in [0.1, 0.15) is 0 Å². The molecule has 2 aromatic heterocycles. The average molecular weight is 561 g/mol. The predicted molar refractivity (Wildman–Crippen MR) is 165 cm³/mol. The first-order valence-electron chi connectivity index (χ1n) is 15.6. The van der Waals surface area contributed by atoms with Crippen LogP contribution < -0.4 is 9.47 Å². The third-order valence-electron chi connectivity index (χ3n) is 9.27. The number of hydrogen-bond donors (Lipinski definition) is 0. The summed E-state index contributed by atoms with van der Waals surface area (Å²) in [7, 11) is 0. The number of pyridine rings is 2. The first kappa shape index (κ1) is 28.1. The van der Waals surface area contributed by atoms with Crippen molar-refractivity contribution in [2.75, 3.05) is 0 Å². The lowest BCUT2D eigenvalue weighted by Crippen LogP contribution is -2.21. The number of carbonyl (C=O) groups excluding carboxylic acids is 1. The van der Waals surface area contributed by atoms with Crippen molar-refractivity contribution in [3.8, 4) is 11.8 Å². The molecule has 0 bridgehead atoms. The zero-order chi connectivity index (χ0) is 28.6. The van der Waals surface area contributed by atoms with Gasteiger partial charge in [0.05, 0.1) is 0 Å². The number of rotatable bonds is 8. The molecule has 0 N–H and O–H groups in total. The van der Waals surface area contributed by atoms with E-state index in [0.717, 1.165) is 75.3 Å². The smallest absolute Gasteiger partial charge is 0.375 e. The zero-order valence-electron chi connectivity index (χ0n) is 24.2. The van der Waals surface area contributed by atoms with E-state index in [2.05, 4.69) is 70.6 Å². The second-order valence-electron chi connectivity index (χ2n) is 12.1. The summed E-state index contributed by atoms with van der Waals surface area (Å²) >= 11 is 0. The standard InChI is InChI=1S/C37H40N2O3/c40-37(41-35-33(13-7-23-38-35)31-19-15-29(16-20-31)25-27-9-3-1-4-10-27)42-36-34(14-8-24-39-36)32-21-17-30(18-22-32)26-28-11-5-2-6-12-28/h1-14,23-24,29-32H,15-22,25-26H2. The van der Waals surface area contributed by atoms with Gasteiger partial charge in [0.2, 0.25) is 11.8 Å². The van der Waals surface area contributed by atoms with Gasteiger partial charge in [-0.05, 0) is 111 Å². The summed E-state index contributed by atoms with van der Waals surface area (Å²) < 4.78 is 11.5. The Bertz CT molecular complexity index is 1320. The number of hydrogen-bond acceptors (Lipinski definition) is 5. The highest BCUT2D eigenvalue weighted by Crippen LogP contribution is 2.41. The first-order chi connectivity index (χ1) is 20.7. The van der Waals surface area contributed by atoms with Crippen molar-refractivity contribution >= 4 is 6.16 Å². The van der Waals surface area contributed by atoms with Crippen molar-refractivity contribution in [2.24, 2.45) is 11.8 Å². The highest BCUT2D eigenvalue weighted by Gasteiger charge is 2.28. The van der Waals surface area contributed by atoms with Gasteiger partial charge >= 0.3 is 6.16 Å². The topological polar surface area (TPSA) is 61.3 Å². The van der Waals surface area contributed by atoms with E-state index in [-0.39, 0.29) is 0 Å². The van der Waals surface area contributed by atoms with Crippen molar-refractivity contribution in [1.29, 1.82) is 0 Å². The monoisotopic (exact) mass is 560 g/mol. The summed E-state index contributed by atoms with van der Waals surface area (Å²) in [5, 5.41) is 0. The molecule has 2 fully saturated rings. The van der Waals surface area contributed by atoms with Crippen LogP contribution in [0.2, 0.25) is 0 Å². The molecule has 0 aliphatic heterocycles. The van der Waals surface area contributed by atoms with Crippen molar-refractivity contribution in [2.45, 2.75) is 76.0 Å². The molecule has 0 amide bonds. The van der Waals surface area contributed by atoms with Crippen LogP contribution in [-0.4, -0.2) is 16.1 Å². The summed E-state index contributed by atoms with van der Waals surface area (Å²) in [5.74, 6) is 2.73. The van der Waals surface area contributed by atoms with Crippen molar-refractivity contribution in [3.63, 3.8) is 0 Å². The Morgan fingerprint density at radius 1 is 0.548 bits per heavy atom. The zero-order valence-corrected chi connectivity index (χ0v) is 24.2. The Morgan fingerprint density at radius 3 is 1.36 bits per heavy atom. The van der Waals surface area contributed by atoms with Crippen LogP contribution in [-0.2, 0) is 12.8 Å². The molecule has 6 rings (SSSR count). The molecule has 0 atom stereocenters. The maximum absolute atomic E-state index is 13.0. The van der Waals surface area contributed by atoms with Crippen LogP contribution in [0.3, 0.4) is 0 Å². The summed E-state index contributed by atoms with van der Waals surface area (Å²) in [6.07, 6.45) is 13.7. The van der Waals surface area contributed by atoms with E-state index in [1.54, 1.807) is 12.4 Å². The fraction of sp³-hybridized carbons (Fsp3) is 0.378. The van der Waals surface area contributed by atoms with E-state index >= 15 is 0 Å². The third-order valence-corrected chi connectivity index (χ3v) is 9.27. The van der Waals surface area contributed by atoms with E-state index in [4.69, 9.17) is 9.47 Å². The Labute approximate surface area is 249 Å². The van der Waals surface area contributed by atoms with Crippen molar-refractivity contribution < 1.29 is 14.3 Å². The molecule has 4 aromatic rings. The normalized spacial score (nSPS) is 22.3. The molecule has 2 saturated carbocycles. The maximum atomic E-state index is 13.0. The molecule has 42 heavy (non-hydrogen) atoms. The molecule has 2 aliphatic carbocycles. The average Bonchev–Trinajstić information content (AvgIpc) is 3.03. The van der Waals surface area contributed by atoms with Crippen LogP contribution >= 0.6 is 0 Å². The van der Waals surface area contributed by atoms with Gasteiger partial charge in [0.25, 0.3) is 0 Å². The van der Waals surface area contributed by atoms with Crippen LogP contribution in [0.15, 0.2) is 97.3 Å². The van der Waals surface area contributed by atoms with Crippen LogP contribution in [0, 0.1) is 11.8 Å².